The highest BCUT2D eigenvalue weighted by molar-refractivity contribution is 5.55. The van der Waals surface area contributed by atoms with Crippen molar-refractivity contribution in [3.05, 3.63) is 30.2 Å². The quantitative estimate of drug-likeness (QED) is 0.880. The van der Waals surface area contributed by atoms with Gasteiger partial charge >= 0.3 is 0 Å². The highest BCUT2D eigenvalue weighted by atomic mass is 16.5. The van der Waals surface area contributed by atoms with Gasteiger partial charge in [-0.05, 0) is 43.0 Å². The highest BCUT2D eigenvalue weighted by Crippen LogP contribution is 2.38. The number of benzene rings is 1. The zero-order valence-electron chi connectivity index (χ0n) is 10.3. The van der Waals surface area contributed by atoms with Crippen molar-refractivity contribution in [2.24, 2.45) is 5.92 Å². The summed E-state index contributed by atoms with van der Waals surface area (Å²) in [5.41, 5.74) is 0.869. The van der Waals surface area contributed by atoms with E-state index in [9.17, 15) is 5.11 Å². The van der Waals surface area contributed by atoms with Crippen LogP contribution in [0.3, 0.4) is 0 Å². The van der Waals surface area contributed by atoms with Crippen LogP contribution in [0.5, 0.6) is 5.75 Å². The van der Waals surface area contributed by atoms with Gasteiger partial charge in [-0.15, -0.1) is 0 Å². The maximum Gasteiger partial charge on any atom is 0.230 e. The fourth-order valence-electron chi connectivity index (χ4n) is 2.63. The van der Waals surface area contributed by atoms with Gasteiger partial charge < -0.3 is 9.63 Å². The normalized spacial score (nSPS) is 23.4. The van der Waals surface area contributed by atoms with E-state index in [1.807, 2.05) is 0 Å². The number of hydrogen-bond acceptors (Lipinski definition) is 4. The third kappa shape index (κ3) is 1.98. The van der Waals surface area contributed by atoms with Crippen LogP contribution in [0.15, 0.2) is 28.8 Å². The Morgan fingerprint density at radius 3 is 2.67 bits per heavy atom. The molecule has 4 nitrogen and oxygen atoms in total. The summed E-state index contributed by atoms with van der Waals surface area (Å²) in [6, 6.07) is 6.84. The average Bonchev–Trinajstić information content (AvgIpc) is 2.98. The zero-order valence-corrected chi connectivity index (χ0v) is 10.3. The zero-order chi connectivity index (χ0) is 12.5. The minimum atomic E-state index is 0.242. The molecular weight excluding hydrogens is 228 g/mol. The van der Waals surface area contributed by atoms with E-state index in [4.69, 9.17) is 4.52 Å². The summed E-state index contributed by atoms with van der Waals surface area (Å²) in [5, 5.41) is 13.3. The lowest BCUT2D eigenvalue weighted by Crippen LogP contribution is -2.02. The minimum absolute atomic E-state index is 0.242. The molecule has 18 heavy (non-hydrogen) atoms. The molecule has 0 aliphatic heterocycles. The summed E-state index contributed by atoms with van der Waals surface area (Å²) in [7, 11) is 0. The lowest BCUT2D eigenvalue weighted by atomic mass is 9.98. The molecule has 2 unspecified atom stereocenters. The molecule has 1 N–H and O–H groups in total. The Hall–Kier alpha value is -1.84. The molecule has 3 rings (SSSR count). The molecule has 1 heterocycles. The van der Waals surface area contributed by atoms with Crippen LogP contribution in [0.2, 0.25) is 0 Å². The van der Waals surface area contributed by atoms with E-state index < -0.39 is 0 Å². The number of phenols is 1. The van der Waals surface area contributed by atoms with Gasteiger partial charge in [0.2, 0.25) is 11.7 Å². The molecule has 1 aliphatic carbocycles. The predicted octanol–water partition coefficient (Wildman–Crippen LogP) is 3.35. The number of phenolic OH excluding ortho intramolecular Hbond substituents is 1. The molecule has 2 atom stereocenters. The summed E-state index contributed by atoms with van der Waals surface area (Å²) in [6.45, 7) is 2.24. The maximum absolute atomic E-state index is 9.25. The molecule has 94 valence electrons. The second-order valence-electron chi connectivity index (χ2n) is 5.02. The van der Waals surface area contributed by atoms with Gasteiger partial charge in [-0.3, -0.25) is 0 Å². The molecule has 0 amide bonds. The van der Waals surface area contributed by atoms with E-state index in [0.717, 1.165) is 17.9 Å². The SMILES string of the molecule is CC1CCCC1c1nc(-c2ccc(O)cc2)no1. The van der Waals surface area contributed by atoms with Crippen LogP contribution in [0.1, 0.15) is 38.0 Å². The monoisotopic (exact) mass is 244 g/mol. The minimum Gasteiger partial charge on any atom is -0.508 e. The molecule has 1 aromatic heterocycles. The standard InChI is InChI=1S/C14H16N2O2/c1-9-3-2-4-12(9)14-15-13(16-18-14)10-5-7-11(17)8-6-10/h5-9,12,17H,2-4H2,1H3. The Morgan fingerprint density at radius 2 is 2.00 bits per heavy atom. The molecule has 1 fully saturated rings. The van der Waals surface area contributed by atoms with E-state index in [1.165, 1.54) is 12.8 Å². The number of rotatable bonds is 2. The first-order valence-electron chi connectivity index (χ1n) is 6.37. The summed E-state index contributed by atoms with van der Waals surface area (Å²) < 4.78 is 5.38. The van der Waals surface area contributed by atoms with Gasteiger partial charge in [-0.25, -0.2) is 0 Å². The first-order valence-corrected chi connectivity index (χ1v) is 6.37. The van der Waals surface area contributed by atoms with Gasteiger partial charge in [0, 0.05) is 11.5 Å². The molecule has 4 heteroatoms. The molecule has 2 aromatic rings. The Bertz CT molecular complexity index is 533. The van der Waals surface area contributed by atoms with Crippen molar-refractivity contribution in [2.75, 3.05) is 0 Å². The van der Waals surface area contributed by atoms with Crippen molar-refractivity contribution >= 4 is 0 Å². The van der Waals surface area contributed by atoms with Gasteiger partial charge in [-0.2, -0.15) is 4.98 Å². The topological polar surface area (TPSA) is 59.2 Å². The van der Waals surface area contributed by atoms with E-state index >= 15 is 0 Å². The van der Waals surface area contributed by atoms with E-state index in [0.29, 0.717) is 17.7 Å². The van der Waals surface area contributed by atoms with Crippen LogP contribution in [0, 0.1) is 5.92 Å². The van der Waals surface area contributed by atoms with Crippen molar-refractivity contribution in [3.8, 4) is 17.1 Å². The Morgan fingerprint density at radius 1 is 1.22 bits per heavy atom. The van der Waals surface area contributed by atoms with Gasteiger partial charge in [0.05, 0.1) is 0 Å². The van der Waals surface area contributed by atoms with E-state index in [2.05, 4.69) is 17.1 Å². The van der Waals surface area contributed by atoms with Crippen LogP contribution in [-0.2, 0) is 0 Å². The van der Waals surface area contributed by atoms with Crippen molar-refractivity contribution < 1.29 is 9.63 Å². The van der Waals surface area contributed by atoms with E-state index in [1.54, 1.807) is 24.3 Å². The van der Waals surface area contributed by atoms with Crippen molar-refractivity contribution in [1.29, 1.82) is 0 Å². The number of aromatic hydroxyl groups is 1. The molecule has 1 saturated carbocycles. The van der Waals surface area contributed by atoms with Gasteiger partial charge in [0.25, 0.3) is 0 Å². The Labute approximate surface area is 106 Å². The molecule has 0 radical (unpaired) electrons. The predicted molar refractivity (Wildman–Crippen MR) is 67.2 cm³/mol. The summed E-state index contributed by atoms with van der Waals surface area (Å²) in [5.74, 6) is 2.63. The van der Waals surface area contributed by atoms with Crippen LogP contribution in [0.4, 0.5) is 0 Å². The number of aromatic nitrogens is 2. The summed E-state index contributed by atoms with van der Waals surface area (Å²) in [4.78, 5) is 4.48. The first kappa shape index (κ1) is 11.3. The number of hydrogen-bond donors (Lipinski definition) is 1. The molecule has 1 aliphatic rings. The lowest BCUT2D eigenvalue weighted by molar-refractivity contribution is 0.331. The second kappa shape index (κ2) is 4.44. The summed E-state index contributed by atoms with van der Waals surface area (Å²) in [6.07, 6.45) is 3.61. The average molecular weight is 244 g/mol. The largest absolute Gasteiger partial charge is 0.508 e. The third-order valence-electron chi connectivity index (χ3n) is 3.75. The Balaban J connectivity index is 1.87. The van der Waals surface area contributed by atoms with Gasteiger partial charge in [-0.1, -0.05) is 18.5 Å². The number of nitrogens with zero attached hydrogens (tertiary/aromatic N) is 2. The van der Waals surface area contributed by atoms with Crippen LogP contribution < -0.4 is 0 Å². The van der Waals surface area contributed by atoms with Crippen LogP contribution in [-0.4, -0.2) is 15.2 Å². The lowest BCUT2D eigenvalue weighted by Gasteiger charge is -2.08. The van der Waals surface area contributed by atoms with E-state index in [-0.39, 0.29) is 5.75 Å². The van der Waals surface area contributed by atoms with Crippen LogP contribution >= 0.6 is 0 Å². The summed E-state index contributed by atoms with van der Waals surface area (Å²) >= 11 is 0. The first-order chi connectivity index (χ1) is 8.74. The maximum atomic E-state index is 9.25. The van der Waals surface area contributed by atoms with Gasteiger partial charge in [0.1, 0.15) is 5.75 Å². The fourth-order valence-corrected chi connectivity index (χ4v) is 2.63. The van der Waals surface area contributed by atoms with Crippen molar-refractivity contribution in [2.45, 2.75) is 32.1 Å². The smallest absolute Gasteiger partial charge is 0.230 e. The fraction of sp³-hybridized carbons (Fsp3) is 0.429. The molecule has 1 aromatic carbocycles. The molecule has 0 spiro atoms. The van der Waals surface area contributed by atoms with Crippen molar-refractivity contribution in [3.63, 3.8) is 0 Å². The third-order valence-corrected chi connectivity index (χ3v) is 3.75. The van der Waals surface area contributed by atoms with Gasteiger partial charge in [0.15, 0.2) is 0 Å². The highest BCUT2D eigenvalue weighted by Gasteiger charge is 2.29. The Kier molecular flexibility index (Phi) is 2.78. The molecular formula is C14H16N2O2. The van der Waals surface area contributed by atoms with Crippen LogP contribution in [0.25, 0.3) is 11.4 Å². The second-order valence-corrected chi connectivity index (χ2v) is 5.02. The molecule has 0 bridgehead atoms. The molecule has 0 saturated heterocycles. The van der Waals surface area contributed by atoms with Crippen molar-refractivity contribution in [1.82, 2.24) is 10.1 Å².